The van der Waals surface area contributed by atoms with Gasteiger partial charge in [-0.3, -0.25) is 0 Å². The van der Waals surface area contributed by atoms with Gasteiger partial charge in [-0.1, -0.05) is 0 Å². The predicted octanol–water partition coefficient (Wildman–Crippen LogP) is 2.15. The lowest BCUT2D eigenvalue weighted by molar-refractivity contribution is 0.349. The van der Waals surface area contributed by atoms with Crippen LogP contribution in [0.3, 0.4) is 0 Å². The number of methoxy groups -OCH3 is 2. The number of ether oxygens (including phenoxy) is 2. The minimum absolute atomic E-state index is 0.119. The van der Waals surface area contributed by atoms with E-state index in [1.165, 1.54) is 20.3 Å². The smallest absolute Gasteiger partial charge is 0.165 e. The second-order valence-corrected chi connectivity index (χ2v) is 2.74. The maximum Gasteiger partial charge on any atom is 0.165 e. The van der Waals surface area contributed by atoms with Crippen LogP contribution in [0.4, 0.5) is 0 Å². The summed E-state index contributed by atoms with van der Waals surface area (Å²) in [5, 5.41) is 9.28. The fourth-order valence-corrected chi connectivity index (χ4v) is 1.32. The van der Waals surface area contributed by atoms with Crippen molar-refractivity contribution in [1.29, 1.82) is 0 Å². The summed E-state index contributed by atoms with van der Waals surface area (Å²) in [7, 11) is 3.04. The molecule has 1 aromatic carbocycles. The van der Waals surface area contributed by atoms with E-state index in [1.54, 1.807) is 6.07 Å². The van der Waals surface area contributed by atoms with E-state index in [1.807, 2.05) is 0 Å². The Morgan fingerprint density at radius 2 is 2.00 bits per heavy atom. The lowest BCUT2D eigenvalue weighted by atomic mass is 10.2. The van der Waals surface area contributed by atoms with E-state index >= 15 is 0 Å². The van der Waals surface area contributed by atoms with Gasteiger partial charge in [-0.05, 0) is 6.07 Å². The SMILES string of the molecule is COc1cc(O)cc(CCl)c1OC. The summed E-state index contributed by atoms with van der Waals surface area (Å²) in [6.45, 7) is 0. The Labute approximate surface area is 81.9 Å². The monoisotopic (exact) mass is 202 g/mol. The number of aromatic hydroxyl groups is 1. The first-order chi connectivity index (χ1) is 6.22. The van der Waals surface area contributed by atoms with Crippen LogP contribution in [-0.2, 0) is 5.88 Å². The van der Waals surface area contributed by atoms with Gasteiger partial charge in [-0.15, -0.1) is 11.6 Å². The fourth-order valence-electron chi connectivity index (χ4n) is 1.13. The molecule has 1 aromatic rings. The van der Waals surface area contributed by atoms with Crippen molar-refractivity contribution in [1.82, 2.24) is 0 Å². The quantitative estimate of drug-likeness (QED) is 0.764. The van der Waals surface area contributed by atoms with Crippen LogP contribution < -0.4 is 9.47 Å². The molecule has 0 aliphatic carbocycles. The average Bonchev–Trinajstić information content (AvgIpc) is 2.16. The van der Waals surface area contributed by atoms with Crippen molar-refractivity contribution in [3.05, 3.63) is 17.7 Å². The highest BCUT2D eigenvalue weighted by Gasteiger charge is 2.10. The molecule has 1 N–H and O–H groups in total. The van der Waals surface area contributed by atoms with Gasteiger partial charge in [0.1, 0.15) is 5.75 Å². The lowest BCUT2D eigenvalue weighted by Crippen LogP contribution is -1.94. The van der Waals surface area contributed by atoms with Crippen molar-refractivity contribution in [2.24, 2.45) is 0 Å². The van der Waals surface area contributed by atoms with Crippen molar-refractivity contribution in [3.8, 4) is 17.2 Å². The summed E-state index contributed by atoms with van der Waals surface area (Å²) in [5.74, 6) is 1.44. The van der Waals surface area contributed by atoms with Gasteiger partial charge in [-0.2, -0.15) is 0 Å². The first-order valence-electron chi connectivity index (χ1n) is 3.72. The molecular formula is C9H11ClO3. The van der Waals surface area contributed by atoms with Crippen molar-refractivity contribution < 1.29 is 14.6 Å². The Bertz CT molecular complexity index is 274. The van der Waals surface area contributed by atoms with Gasteiger partial charge in [0.25, 0.3) is 0 Å². The Hall–Kier alpha value is -1.09. The molecule has 0 unspecified atom stereocenters. The highest BCUT2D eigenvalue weighted by molar-refractivity contribution is 6.17. The van der Waals surface area contributed by atoms with Crippen LogP contribution >= 0.6 is 11.6 Å². The molecule has 0 saturated carbocycles. The third-order valence-electron chi connectivity index (χ3n) is 1.68. The molecule has 0 saturated heterocycles. The number of benzene rings is 1. The number of phenolic OH excluding ortho intramolecular Hbond substituents is 1. The Morgan fingerprint density at radius 1 is 1.31 bits per heavy atom. The van der Waals surface area contributed by atoms with Crippen molar-refractivity contribution >= 4 is 11.6 Å². The zero-order valence-corrected chi connectivity index (χ0v) is 8.26. The maximum atomic E-state index is 9.28. The number of hydrogen-bond acceptors (Lipinski definition) is 3. The predicted molar refractivity (Wildman–Crippen MR) is 50.8 cm³/mol. The second-order valence-electron chi connectivity index (χ2n) is 2.47. The number of alkyl halides is 1. The zero-order chi connectivity index (χ0) is 9.84. The molecule has 0 fully saturated rings. The molecule has 0 radical (unpaired) electrons. The van der Waals surface area contributed by atoms with Gasteiger partial charge < -0.3 is 14.6 Å². The second kappa shape index (κ2) is 4.23. The zero-order valence-electron chi connectivity index (χ0n) is 7.50. The van der Waals surface area contributed by atoms with Gasteiger partial charge in [0, 0.05) is 11.6 Å². The number of halogens is 1. The molecule has 1 rings (SSSR count). The fraction of sp³-hybridized carbons (Fsp3) is 0.333. The molecule has 0 atom stereocenters. The number of phenols is 1. The highest BCUT2D eigenvalue weighted by atomic mass is 35.5. The van der Waals surface area contributed by atoms with Gasteiger partial charge in [0.05, 0.1) is 20.1 Å². The van der Waals surface area contributed by atoms with Crippen LogP contribution in [0, 0.1) is 0 Å². The van der Waals surface area contributed by atoms with Crippen LogP contribution in [0.1, 0.15) is 5.56 Å². The first kappa shape index (κ1) is 9.99. The third kappa shape index (κ3) is 1.98. The number of rotatable bonds is 3. The molecule has 13 heavy (non-hydrogen) atoms. The van der Waals surface area contributed by atoms with Crippen LogP contribution in [0.5, 0.6) is 17.2 Å². The minimum atomic E-state index is 0.119. The molecule has 0 aliphatic rings. The van der Waals surface area contributed by atoms with Crippen molar-refractivity contribution in [2.75, 3.05) is 14.2 Å². The van der Waals surface area contributed by atoms with E-state index in [0.29, 0.717) is 17.1 Å². The van der Waals surface area contributed by atoms with Crippen LogP contribution in [-0.4, -0.2) is 19.3 Å². The average molecular weight is 203 g/mol. The lowest BCUT2D eigenvalue weighted by Gasteiger charge is -2.11. The summed E-state index contributed by atoms with van der Waals surface area (Å²) >= 11 is 5.67. The highest BCUT2D eigenvalue weighted by Crippen LogP contribution is 2.35. The Morgan fingerprint density at radius 3 is 2.46 bits per heavy atom. The standard InChI is InChI=1S/C9H11ClO3/c1-12-8-4-7(11)3-6(5-10)9(8)13-2/h3-4,11H,5H2,1-2H3. The topological polar surface area (TPSA) is 38.7 Å². The third-order valence-corrected chi connectivity index (χ3v) is 1.97. The van der Waals surface area contributed by atoms with E-state index in [2.05, 4.69) is 0 Å². The van der Waals surface area contributed by atoms with E-state index in [4.69, 9.17) is 21.1 Å². The molecule has 4 heteroatoms. The van der Waals surface area contributed by atoms with E-state index in [-0.39, 0.29) is 11.6 Å². The summed E-state index contributed by atoms with van der Waals surface area (Å²) in [6, 6.07) is 3.03. The molecule has 0 bridgehead atoms. The molecule has 3 nitrogen and oxygen atoms in total. The normalized spacial score (nSPS) is 9.77. The summed E-state index contributed by atoms with van der Waals surface area (Å²) in [4.78, 5) is 0. The molecule has 0 heterocycles. The van der Waals surface area contributed by atoms with E-state index < -0.39 is 0 Å². The van der Waals surface area contributed by atoms with Gasteiger partial charge in [-0.25, -0.2) is 0 Å². The molecule has 72 valence electrons. The summed E-state index contributed by atoms with van der Waals surface area (Å²) in [5.41, 5.74) is 0.709. The van der Waals surface area contributed by atoms with E-state index in [9.17, 15) is 5.11 Å². The maximum absolute atomic E-state index is 9.28. The first-order valence-corrected chi connectivity index (χ1v) is 4.26. The van der Waals surface area contributed by atoms with Gasteiger partial charge in [0.2, 0.25) is 0 Å². The van der Waals surface area contributed by atoms with Gasteiger partial charge >= 0.3 is 0 Å². The minimum Gasteiger partial charge on any atom is -0.508 e. The van der Waals surface area contributed by atoms with Gasteiger partial charge in [0.15, 0.2) is 11.5 Å². The summed E-state index contributed by atoms with van der Waals surface area (Å²) in [6.07, 6.45) is 0. The molecular weight excluding hydrogens is 192 g/mol. The van der Waals surface area contributed by atoms with Crippen molar-refractivity contribution in [2.45, 2.75) is 5.88 Å². The Kier molecular flexibility index (Phi) is 3.25. The molecule has 0 aromatic heterocycles. The van der Waals surface area contributed by atoms with Crippen LogP contribution in [0.2, 0.25) is 0 Å². The number of hydrogen-bond donors (Lipinski definition) is 1. The van der Waals surface area contributed by atoms with Crippen LogP contribution in [0.25, 0.3) is 0 Å². The molecule has 0 amide bonds. The van der Waals surface area contributed by atoms with E-state index in [0.717, 1.165) is 0 Å². The Balaban J connectivity index is 3.25. The summed E-state index contributed by atoms with van der Waals surface area (Å²) < 4.78 is 10.1. The largest absolute Gasteiger partial charge is 0.508 e. The molecule has 0 spiro atoms. The van der Waals surface area contributed by atoms with Crippen molar-refractivity contribution in [3.63, 3.8) is 0 Å². The van der Waals surface area contributed by atoms with Crippen LogP contribution in [0.15, 0.2) is 12.1 Å². The molecule has 0 aliphatic heterocycles.